The summed E-state index contributed by atoms with van der Waals surface area (Å²) in [5, 5.41) is 4.74. The molecule has 32 heavy (non-hydrogen) atoms. The number of carbonyl (C=O) groups excluding carboxylic acids is 2. The van der Waals surface area contributed by atoms with Crippen LogP contribution in [0.25, 0.3) is 10.1 Å². The van der Waals surface area contributed by atoms with Gasteiger partial charge in [0.1, 0.15) is 5.82 Å². The smallest absolute Gasteiger partial charge is 0.339 e. The SMILES string of the molecule is COC(=O)c1ccc(C(=O)OC)c(NC(=S)N2CCN(c3nsc4ccccc34)CC2)c1. The Kier molecular flexibility index (Phi) is 6.52. The molecule has 1 aliphatic heterocycles. The van der Waals surface area contributed by atoms with Crippen molar-refractivity contribution in [2.75, 3.05) is 50.6 Å². The molecule has 0 atom stereocenters. The number of piperazine rings is 1. The Morgan fingerprint density at radius 2 is 1.75 bits per heavy atom. The molecule has 4 rings (SSSR count). The highest BCUT2D eigenvalue weighted by molar-refractivity contribution is 7.80. The molecule has 0 bridgehead atoms. The molecule has 1 aliphatic rings. The van der Waals surface area contributed by atoms with Gasteiger partial charge in [-0.25, -0.2) is 9.59 Å². The van der Waals surface area contributed by atoms with E-state index in [9.17, 15) is 9.59 Å². The highest BCUT2D eigenvalue weighted by Crippen LogP contribution is 2.30. The minimum atomic E-state index is -0.521. The molecule has 0 radical (unpaired) electrons. The second kappa shape index (κ2) is 9.49. The molecule has 0 saturated carbocycles. The van der Waals surface area contributed by atoms with Gasteiger partial charge < -0.3 is 24.6 Å². The molecule has 2 heterocycles. The highest BCUT2D eigenvalue weighted by atomic mass is 32.1. The molecule has 1 fully saturated rings. The standard InChI is InChI=1S/C22H22N4O4S2/c1-29-20(27)14-7-8-15(21(28)30-2)17(13-14)23-22(31)26-11-9-25(10-12-26)19-16-5-3-4-6-18(16)32-24-19/h3-8,13H,9-12H2,1-2H3,(H,23,31). The zero-order valence-electron chi connectivity index (χ0n) is 17.7. The van der Waals surface area contributed by atoms with Gasteiger partial charge in [0.25, 0.3) is 0 Å². The van der Waals surface area contributed by atoms with Crippen LogP contribution in [0.1, 0.15) is 20.7 Å². The van der Waals surface area contributed by atoms with Gasteiger partial charge in [0, 0.05) is 31.6 Å². The second-order valence-electron chi connectivity index (χ2n) is 7.15. The van der Waals surface area contributed by atoms with E-state index in [1.807, 2.05) is 17.0 Å². The van der Waals surface area contributed by atoms with Crippen molar-refractivity contribution in [1.29, 1.82) is 0 Å². The fraction of sp³-hybridized carbons (Fsp3) is 0.273. The molecule has 2 aromatic carbocycles. The number of carbonyl (C=O) groups is 2. The van der Waals surface area contributed by atoms with Gasteiger partial charge in [-0.2, -0.15) is 4.37 Å². The number of hydrogen-bond donors (Lipinski definition) is 1. The van der Waals surface area contributed by atoms with E-state index in [1.165, 1.54) is 42.6 Å². The number of rotatable bonds is 4. The van der Waals surface area contributed by atoms with Crippen molar-refractivity contribution >= 4 is 62.4 Å². The lowest BCUT2D eigenvalue weighted by atomic mass is 10.1. The maximum atomic E-state index is 12.2. The van der Waals surface area contributed by atoms with Gasteiger partial charge in [-0.15, -0.1) is 0 Å². The number of nitrogens with zero attached hydrogens (tertiary/aromatic N) is 3. The third-order valence-electron chi connectivity index (χ3n) is 5.31. The molecule has 166 valence electrons. The van der Waals surface area contributed by atoms with Crippen molar-refractivity contribution in [1.82, 2.24) is 9.27 Å². The average molecular weight is 471 g/mol. The van der Waals surface area contributed by atoms with Gasteiger partial charge in [0.2, 0.25) is 0 Å². The van der Waals surface area contributed by atoms with Crippen LogP contribution in [-0.2, 0) is 9.47 Å². The van der Waals surface area contributed by atoms with Gasteiger partial charge in [0.15, 0.2) is 5.11 Å². The van der Waals surface area contributed by atoms with Crippen molar-refractivity contribution in [3.05, 3.63) is 53.6 Å². The average Bonchev–Trinajstić information content (AvgIpc) is 3.27. The summed E-state index contributed by atoms with van der Waals surface area (Å²) < 4.78 is 15.4. The Labute approximate surface area is 194 Å². The summed E-state index contributed by atoms with van der Waals surface area (Å²) in [6.45, 7) is 2.92. The number of benzene rings is 2. The van der Waals surface area contributed by atoms with Crippen molar-refractivity contribution in [3.8, 4) is 0 Å². The molecule has 0 spiro atoms. The summed E-state index contributed by atoms with van der Waals surface area (Å²) in [5.41, 5.74) is 0.999. The van der Waals surface area contributed by atoms with Crippen LogP contribution < -0.4 is 10.2 Å². The largest absolute Gasteiger partial charge is 0.465 e. The minimum absolute atomic E-state index is 0.287. The molecule has 10 heteroatoms. The highest BCUT2D eigenvalue weighted by Gasteiger charge is 2.23. The van der Waals surface area contributed by atoms with E-state index in [2.05, 4.69) is 26.7 Å². The summed E-state index contributed by atoms with van der Waals surface area (Å²) in [5.74, 6) is -0.0192. The Morgan fingerprint density at radius 3 is 2.47 bits per heavy atom. The van der Waals surface area contributed by atoms with Crippen LogP contribution in [0, 0.1) is 0 Å². The summed E-state index contributed by atoms with van der Waals surface area (Å²) in [4.78, 5) is 28.4. The first-order valence-corrected chi connectivity index (χ1v) is 11.2. The van der Waals surface area contributed by atoms with Crippen LogP contribution in [0.2, 0.25) is 0 Å². The lowest BCUT2D eigenvalue weighted by Gasteiger charge is -2.36. The summed E-state index contributed by atoms with van der Waals surface area (Å²) in [6.07, 6.45) is 0. The second-order valence-corrected chi connectivity index (χ2v) is 8.34. The molecule has 0 amide bonds. The van der Waals surface area contributed by atoms with E-state index in [1.54, 1.807) is 6.07 Å². The Morgan fingerprint density at radius 1 is 1.03 bits per heavy atom. The van der Waals surface area contributed by atoms with E-state index >= 15 is 0 Å². The van der Waals surface area contributed by atoms with Crippen LogP contribution in [0.3, 0.4) is 0 Å². The molecule has 1 aromatic heterocycles. The summed E-state index contributed by atoms with van der Waals surface area (Å²) in [6, 6.07) is 12.8. The number of ether oxygens (including phenoxy) is 2. The molecule has 1 N–H and O–H groups in total. The quantitative estimate of drug-likeness (QED) is 0.456. The van der Waals surface area contributed by atoms with Crippen molar-refractivity contribution < 1.29 is 19.1 Å². The predicted molar refractivity (Wildman–Crippen MR) is 129 cm³/mol. The van der Waals surface area contributed by atoms with E-state index in [0.29, 0.717) is 29.5 Å². The van der Waals surface area contributed by atoms with Gasteiger partial charge in [0.05, 0.1) is 35.7 Å². The van der Waals surface area contributed by atoms with Gasteiger partial charge in [-0.05, 0) is 54.1 Å². The first kappa shape index (κ1) is 22.0. The van der Waals surface area contributed by atoms with E-state index in [0.717, 1.165) is 24.3 Å². The molecular formula is C22H22N4O4S2. The maximum Gasteiger partial charge on any atom is 0.339 e. The molecule has 0 unspecified atom stereocenters. The molecule has 1 saturated heterocycles. The Balaban J connectivity index is 1.47. The number of anilines is 2. The fourth-order valence-corrected chi connectivity index (χ4v) is 4.68. The number of fused-ring (bicyclic) bond motifs is 1. The van der Waals surface area contributed by atoms with Crippen molar-refractivity contribution in [2.45, 2.75) is 0 Å². The summed E-state index contributed by atoms with van der Waals surface area (Å²) in [7, 11) is 2.61. The Hall–Kier alpha value is -3.24. The summed E-state index contributed by atoms with van der Waals surface area (Å²) >= 11 is 7.11. The fourth-order valence-electron chi connectivity index (χ4n) is 3.60. The third kappa shape index (κ3) is 4.37. The number of esters is 2. The first-order chi connectivity index (χ1) is 15.5. The minimum Gasteiger partial charge on any atom is -0.465 e. The zero-order valence-corrected chi connectivity index (χ0v) is 19.3. The number of thiocarbonyl (C=S) groups is 1. The van der Waals surface area contributed by atoms with Crippen molar-refractivity contribution in [2.24, 2.45) is 0 Å². The number of methoxy groups -OCH3 is 2. The normalized spacial score (nSPS) is 13.7. The predicted octanol–water partition coefficient (Wildman–Crippen LogP) is 3.39. The lowest BCUT2D eigenvalue weighted by molar-refractivity contribution is 0.0587. The molecule has 3 aromatic rings. The zero-order chi connectivity index (χ0) is 22.7. The van der Waals surface area contributed by atoms with Crippen LogP contribution in [0.4, 0.5) is 11.5 Å². The van der Waals surface area contributed by atoms with Gasteiger partial charge in [-0.3, -0.25) is 0 Å². The van der Waals surface area contributed by atoms with Crippen LogP contribution in [-0.4, -0.2) is 66.7 Å². The molecule has 8 nitrogen and oxygen atoms in total. The Bertz CT molecular complexity index is 1170. The van der Waals surface area contributed by atoms with Crippen LogP contribution >= 0.6 is 23.8 Å². The van der Waals surface area contributed by atoms with Crippen LogP contribution in [0.5, 0.6) is 0 Å². The van der Waals surface area contributed by atoms with Crippen LogP contribution in [0.15, 0.2) is 42.5 Å². The monoisotopic (exact) mass is 470 g/mol. The topological polar surface area (TPSA) is 84.0 Å². The number of hydrogen-bond acceptors (Lipinski definition) is 8. The lowest BCUT2D eigenvalue weighted by Crippen LogP contribution is -2.50. The third-order valence-corrected chi connectivity index (χ3v) is 6.49. The molecule has 0 aliphatic carbocycles. The van der Waals surface area contributed by atoms with E-state index in [4.69, 9.17) is 21.7 Å². The molecular weight excluding hydrogens is 448 g/mol. The van der Waals surface area contributed by atoms with Gasteiger partial charge >= 0.3 is 11.9 Å². The van der Waals surface area contributed by atoms with E-state index < -0.39 is 11.9 Å². The maximum absolute atomic E-state index is 12.2. The number of nitrogens with one attached hydrogen (secondary N) is 1. The van der Waals surface area contributed by atoms with Crippen molar-refractivity contribution in [3.63, 3.8) is 0 Å². The van der Waals surface area contributed by atoms with Gasteiger partial charge in [-0.1, -0.05) is 12.1 Å². The van der Waals surface area contributed by atoms with E-state index in [-0.39, 0.29) is 5.56 Å². The number of aromatic nitrogens is 1. The first-order valence-electron chi connectivity index (χ1n) is 9.97.